The fourth-order valence-corrected chi connectivity index (χ4v) is 3.07. The number of quaternary nitrogens is 1. The van der Waals surface area contributed by atoms with E-state index >= 15 is 0 Å². The highest BCUT2D eigenvalue weighted by molar-refractivity contribution is 5.78. The number of amides is 1. The van der Waals surface area contributed by atoms with E-state index in [4.69, 9.17) is 5.11 Å². The highest BCUT2D eigenvalue weighted by atomic mass is 16.4. The third-order valence-electron chi connectivity index (χ3n) is 4.62. The second-order valence-electron chi connectivity index (χ2n) is 8.01. The summed E-state index contributed by atoms with van der Waals surface area (Å²) in [6.07, 6.45) is 4.90. The molecule has 6 nitrogen and oxygen atoms in total. The van der Waals surface area contributed by atoms with Gasteiger partial charge in [-0.3, -0.25) is 14.5 Å². The maximum absolute atomic E-state index is 12.6. The summed E-state index contributed by atoms with van der Waals surface area (Å²) in [7, 11) is 6.56. The molecule has 1 heterocycles. The third kappa shape index (κ3) is 8.11. The lowest BCUT2D eigenvalue weighted by atomic mass is 10.1. The maximum Gasteiger partial charge on any atom is 0.307 e. The number of carboxylic acids is 1. The molecule has 0 aliphatic carbocycles. The highest BCUT2D eigenvalue weighted by Crippen LogP contribution is 2.16. The first-order valence-corrected chi connectivity index (χ1v) is 9.26. The van der Waals surface area contributed by atoms with Crippen molar-refractivity contribution in [2.45, 2.75) is 39.0 Å². The maximum atomic E-state index is 12.6. The van der Waals surface area contributed by atoms with Crippen molar-refractivity contribution in [2.24, 2.45) is 5.92 Å². The number of carboxylic acid groups (broad SMARTS) is 1. The first-order chi connectivity index (χ1) is 11.2. The number of aliphatic carboxylic acids is 1. The summed E-state index contributed by atoms with van der Waals surface area (Å²) in [5.74, 6) is -0.903. The van der Waals surface area contributed by atoms with Crippen LogP contribution >= 0.6 is 0 Å². The van der Waals surface area contributed by atoms with Crippen LogP contribution in [0.1, 0.15) is 39.0 Å². The van der Waals surface area contributed by atoms with Gasteiger partial charge in [0, 0.05) is 19.6 Å². The van der Waals surface area contributed by atoms with Gasteiger partial charge in [0.05, 0.1) is 40.2 Å². The van der Waals surface area contributed by atoms with E-state index < -0.39 is 5.97 Å². The quantitative estimate of drug-likeness (QED) is 0.457. The number of unbranched alkanes of at least 4 members (excludes halogenated alkanes) is 2. The molecule has 1 saturated heterocycles. The van der Waals surface area contributed by atoms with Gasteiger partial charge in [-0.15, -0.1) is 0 Å². The van der Waals surface area contributed by atoms with Crippen LogP contribution < -0.4 is 0 Å². The summed E-state index contributed by atoms with van der Waals surface area (Å²) in [4.78, 5) is 27.6. The number of hydrogen-bond donors (Lipinski definition) is 1. The van der Waals surface area contributed by atoms with Gasteiger partial charge in [0.2, 0.25) is 5.91 Å². The Morgan fingerprint density at radius 2 is 1.83 bits per heavy atom. The van der Waals surface area contributed by atoms with E-state index in [1.807, 2.05) is 9.80 Å². The van der Waals surface area contributed by atoms with Crippen molar-refractivity contribution in [1.29, 1.82) is 0 Å². The van der Waals surface area contributed by atoms with Gasteiger partial charge >= 0.3 is 5.97 Å². The molecule has 0 spiro atoms. The number of likely N-dealkylation sites (tertiary alicyclic amines) is 1. The molecule has 0 saturated carbocycles. The standard InChI is InChI=1S/C18H35N3O3/c1-5-6-10-20(11-7-8-13-21(2,3)4)17(22)15-19-12-9-16(14-19)18(23)24/h16H,5-15H2,1-4H3/p+1. The molecule has 140 valence electrons. The molecule has 24 heavy (non-hydrogen) atoms. The zero-order chi connectivity index (χ0) is 18.2. The average molecular weight is 343 g/mol. The SMILES string of the molecule is CCCCN(CCCC[N+](C)(C)C)C(=O)CN1CCC(C(=O)O)C1. The van der Waals surface area contributed by atoms with Crippen molar-refractivity contribution in [2.75, 3.05) is 60.4 Å². The zero-order valence-electron chi connectivity index (χ0n) is 16.0. The van der Waals surface area contributed by atoms with Crippen LogP contribution in [0, 0.1) is 5.92 Å². The minimum absolute atomic E-state index is 0.153. The Morgan fingerprint density at radius 1 is 1.17 bits per heavy atom. The second kappa shape index (κ2) is 9.99. The predicted molar refractivity (Wildman–Crippen MR) is 95.8 cm³/mol. The molecule has 1 fully saturated rings. The van der Waals surface area contributed by atoms with E-state index in [-0.39, 0.29) is 11.8 Å². The van der Waals surface area contributed by atoms with Crippen molar-refractivity contribution >= 4 is 11.9 Å². The summed E-state index contributed by atoms with van der Waals surface area (Å²) in [5, 5.41) is 9.08. The Kier molecular flexibility index (Phi) is 8.70. The smallest absolute Gasteiger partial charge is 0.307 e. The molecule has 1 amide bonds. The molecule has 1 N–H and O–H groups in total. The van der Waals surface area contributed by atoms with Crippen LogP contribution in [0.3, 0.4) is 0 Å². The summed E-state index contributed by atoms with van der Waals surface area (Å²) in [6.45, 7) is 6.46. The molecule has 1 aliphatic rings. The molecule has 1 unspecified atom stereocenters. The Bertz CT molecular complexity index is 407. The van der Waals surface area contributed by atoms with Crippen LogP contribution in [0.4, 0.5) is 0 Å². The van der Waals surface area contributed by atoms with Gasteiger partial charge in [0.1, 0.15) is 0 Å². The van der Waals surface area contributed by atoms with Crippen molar-refractivity contribution in [3.63, 3.8) is 0 Å². The topological polar surface area (TPSA) is 60.9 Å². The van der Waals surface area contributed by atoms with Gasteiger partial charge in [-0.2, -0.15) is 0 Å². The molecule has 0 aromatic rings. The highest BCUT2D eigenvalue weighted by Gasteiger charge is 2.29. The van der Waals surface area contributed by atoms with Crippen molar-refractivity contribution in [3.05, 3.63) is 0 Å². The summed E-state index contributed by atoms with van der Waals surface area (Å²) < 4.78 is 0.952. The third-order valence-corrected chi connectivity index (χ3v) is 4.62. The Morgan fingerprint density at radius 3 is 2.38 bits per heavy atom. The predicted octanol–water partition coefficient (Wildman–Crippen LogP) is 1.51. The first kappa shape index (κ1) is 20.9. The van der Waals surface area contributed by atoms with Crippen LogP contribution in [0.5, 0.6) is 0 Å². The minimum atomic E-state index is -0.743. The monoisotopic (exact) mass is 342 g/mol. The van der Waals surface area contributed by atoms with E-state index in [1.54, 1.807) is 0 Å². The minimum Gasteiger partial charge on any atom is -0.481 e. The van der Waals surface area contributed by atoms with Gasteiger partial charge in [0.15, 0.2) is 0 Å². The lowest BCUT2D eigenvalue weighted by molar-refractivity contribution is -0.870. The molecule has 0 radical (unpaired) electrons. The summed E-state index contributed by atoms with van der Waals surface area (Å²) >= 11 is 0. The normalized spacial score (nSPS) is 18.8. The van der Waals surface area contributed by atoms with Crippen LogP contribution in [0.25, 0.3) is 0 Å². The van der Waals surface area contributed by atoms with Crippen LogP contribution in [-0.4, -0.2) is 91.7 Å². The number of hydrogen-bond acceptors (Lipinski definition) is 3. The van der Waals surface area contributed by atoms with Gasteiger partial charge in [-0.1, -0.05) is 13.3 Å². The molecule has 0 aromatic heterocycles. The molecular formula is C18H36N3O3+. The van der Waals surface area contributed by atoms with E-state index in [0.29, 0.717) is 26.1 Å². The van der Waals surface area contributed by atoms with Gasteiger partial charge in [0.25, 0.3) is 0 Å². The Hall–Kier alpha value is -1.14. The zero-order valence-corrected chi connectivity index (χ0v) is 16.0. The molecule has 6 heteroatoms. The Labute approximate surface area is 147 Å². The molecule has 0 bridgehead atoms. The van der Waals surface area contributed by atoms with Crippen LogP contribution in [-0.2, 0) is 9.59 Å². The molecule has 0 aromatic carbocycles. The van der Waals surface area contributed by atoms with Gasteiger partial charge in [-0.05, 0) is 32.2 Å². The fourth-order valence-electron chi connectivity index (χ4n) is 3.07. The van der Waals surface area contributed by atoms with E-state index in [0.717, 1.165) is 49.8 Å². The largest absolute Gasteiger partial charge is 0.481 e. The van der Waals surface area contributed by atoms with Gasteiger partial charge in [-0.25, -0.2) is 0 Å². The van der Waals surface area contributed by atoms with Gasteiger partial charge < -0.3 is 14.5 Å². The number of rotatable bonds is 11. The van der Waals surface area contributed by atoms with Crippen LogP contribution in [0.15, 0.2) is 0 Å². The number of carbonyl (C=O) groups is 2. The number of nitrogens with zero attached hydrogens (tertiary/aromatic N) is 3. The summed E-state index contributed by atoms with van der Waals surface area (Å²) in [6, 6.07) is 0. The molecule has 1 rings (SSSR count). The lowest BCUT2D eigenvalue weighted by Crippen LogP contribution is -2.41. The molecular weight excluding hydrogens is 306 g/mol. The van der Waals surface area contributed by atoms with E-state index in [9.17, 15) is 9.59 Å². The Balaban J connectivity index is 2.42. The van der Waals surface area contributed by atoms with E-state index in [2.05, 4.69) is 28.1 Å². The first-order valence-electron chi connectivity index (χ1n) is 9.26. The molecule has 1 aliphatic heterocycles. The number of carbonyl (C=O) groups excluding carboxylic acids is 1. The fraction of sp³-hybridized carbons (Fsp3) is 0.889. The second-order valence-corrected chi connectivity index (χ2v) is 8.01. The van der Waals surface area contributed by atoms with Crippen molar-refractivity contribution in [3.8, 4) is 0 Å². The van der Waals surface area contributed by atoms with Crippen molar-refractivity contribution in [1.82, 2.24) is 9.80 Å². The summed E-state index contributed by atoms with van der Waals surface area (Å²) in [5.41, 5.74) is 0. The van der Waals surface area contributed by atoms with Crippen LogP contribution in [0.2, 0.25) is 0 Å². The average Bonchev–Trinajstić information content (AvgIpc) is 2.94. The van der Waals surface area contributed by atoms with Crippen molar-refractivity contribution < 1.29 is 19.2 Å². The lowest BCUT2D eigenvalue weighted by Gasteiger charge is -2.27. The molecule has 1 atom stereocenters. The van der Waals surface area contributed by atoms with E-state index in [1.165, 1.54) is 0 Å².